The zero-order chi connectivity index (χ0) is 12.3. The van der Waals surface area contributed by atoms with E-state index in [4.69, 9.17) is 0 Å². The molecule has 0 bridgehead atoms. The van der Waals surface area contributed by atoms with Gasteiger partial charge < -0.3 is 0 Å². The quantitative estimate of drug-likeness (QED) is 0.263. The summed E-state index contributed by atoms with van der Waals surface area (Å²) in [5.74, 6) is -6.05. The summed E-state index contributed by atoms with van der Waals surface area (Å²) in [5.41, 5.74) is -0.0788. The van der Waals surface area contributed by atoms with E-state index < -0.39 is 23.3 Å². The van der Waals surface area contributed by atoms with Crippen LogP contribution < -0.4 is 4.35 Å². The Morgan fingerprint density at radius 2 is 1.44 bits per heavy atom. The van der Waals surface area contributed by atoms with E-state index in [9.17, 15) is 17.6 Å². The van der Waals surface area contributed by atoms with Crippen molar-refractivity contribution in [2.45, 2.75) is 32.6 Å². The Kier molecular flexibility index (Phi) is 4.85. The number of hydrogen-bond donors (Lipinski definition) is 0. The molecule has 0 aliphatic rings. The predicted octanol–water partition coefficient (Wildman–Crippen LogP) is 2.77. The molecule has 1 aromatic carbocycles. The molecular weight excluding hydrogens is 283 g/mol. The van der Waals surface area contributed by atoms with E-state index in [1.165, 1.54) is 0 Å². The van der Waals surface area contributed by atoms with Gasteiger partial charge in [0.05, 0.1) is 0 Å². The average Bonchev–Trinajstić information content (AvgIpc) is 2.28. The third-order valence-electron chi connectivity index (χ3n) is 2.37. The zero-order valence-electron chi connectivity index (χ0n) is 8.79. The maximum absolute atomic E-state index is 13.3. The third-order valence-corrected chi connectivity index (χ3v) is 3.35. The fraction of sp³-hybridized carbons (Fsp3) is 0.455. The summed E-state index contributed by atoms with van der Waals surface area (Å²) in [6.07, 6.45) is 2.61. The first-order valence-corrected chi connectivity index (χ1v) is 5.98. The normalized spacial score (nSPS) is 10.9. The zero-order valence-corrected chi connectivity index (χ0v) is 10.7. The number of rotatable bonds is 4. The van der Waals surface area contributed by atoms with E-state index in [1.54, 1.807) is 16.9 Å². The van der Waals surface area contributed by atoms with E-state index in [0.29, 0.717) is 6.42 Å². The Morgan fingerprint density at radius 1 is 0.875 bits per heavy atom. The van der Waals surface area contributed by atoms with Crippen LogP contribution in [0.1, 0.15) is 31.7 Å². The molecule has 0 fully saturated rings. The number of benzene rings is 1. The van der Waals surface area contributed by atoms with Crippen molar-refractivity contribution in [2.75, 3.05) is 0 Å². The summed E-state index contributed by atoms with van der Waals surface area (Å²) in [6.45, 7) is 1.96. The third kappa shape index (κ3) is 2.60. The first-order chi connectivity index (χ1) is 7.50. The molecule has 0 unspecified atom stereocenters. The molecule has 0 amide bonds. The van der Waals surface area contributed by atoms with Gasteiger partial charge in [0, 0.05) is 0 Å². The van der Waals surface area contributed by atoms with Crippen molar-refractivity contribution in [2.24, 2.45) is 0 Å². The summed E-state index contributed by atoms with van der Waals surface area (Å²) in [6, 6.07) is 0. The molecule has 0 heterocycles. The Hall–Kier alpha value is -0.502. The van der Waals surface area contributed by atoms with Crippen LogP contribution in [0.2, 0.25) is 0 Å². The van der Waals surface area contributed by atoms with Crippen molar-refractivity contribution in [3.05, 3.63) is 28.8 Å². The number of hydrogen-bond acceptors (Lipinski definition) is 0. The minimum atomic E-state index is -1.74. The molecule has 16 heavy (non-hydrogen) atoms. The minimum absolute atomic E-state index is 0.0788. The monoisotopic (exact) mass is 294 g/mol. The second-order valence-corrected chi connectivity index (χ2v) is 4.48. The summed E-state index contributed by atoms with van der Waals surface area (Å²) in [4.78, 5) is 0. The Bertz CT molecular complexity index is 361. The van der Waals surface area contributed by atoms with Gasteiger partial charge in [-0.2, -0.15) is 0 Å². The Morgan fingerprint density at radius 3 is 2.00 bits per heavy atom. The summed E-state index contributed by atoms with van der Waals surface area (Å²) in [7, 11) is 0. The molecular formula is C11H11AsF4+. The van der Waals surface area contributed by atoms with Gasteiger partial charge in [-0.3, -0.25) is 0 Å². The van der Waals surface area contributed by atoms with E-state index in [2.05, 4.69) is 0 Å². The number of halogens is 4. The molecule has 3 radical (unpaired) electrons. The van der Waals surface area contributed by atoms with Gasteiger partial charge in [0.25, 0.3) is 0 Å². The summed E-state index contributed by atoms with van der Waals surface area (Å²) < 4.78 is 52.1. The number of unbranched alkanes of at least 4 members (excludes halogenated alkanes) is 2. The van der Waals surface area contributed by atoms with Gasteiger partial charge in [-0.25, -0.2) is 0 Å². The molecule has 0 nitrogen and oxygen atoms in total. The van der Waals surface area contributed by atoms with Crippen molar-refractivity contribution < 1.29 is 17.6 Å². The molecule has 0 aliphatic carbocycles. The molecule has 0 atom stereocenters. The van der Waals surface area contributed by atoms with E-state index in [1.807, 2.05) is 6.92 Å². The van der Waals surface area contributed by atoms with Gasteiger partial charge in [-0.15, -0.1) is 0 Å². The second kappa shape index (κ2) is 5.72. The van der Waals surface area contributed by atoms with Crippen molar-refractivity contribution in [1.82, 2.24) is 0 Å². The molecule has 87 valence electrons. The predicted molar refractivity (Wildman–Crippen MR) is 54.9 cm³/mol. The van der Waals surface area contributed by atoms with E-state index >= 15 is 0 Å². The van der Waals surface area contributed by atoms with Crippen LogP contribution in [0.3, 0.4) is 0 Å². The van der Waals surface area contributed by atoms with Crippen molar-refractivity contribution in [1.29, 1.82) is 0 Å². The molecule has 0 saturated carbocycles. The van der Waals surface area contributed by atoms with Crippen molar-refractivity contribution in [3.63, 3.8) is 0 Å². The molecule has 0 aliphatic heterocycles. The first kappa shape index (κ1) is 13.6. The molecule has 1 rings (SSSR count). The maximum atomic E-state index is 13.3. The Balaban J connectivity index is 3.08. The van der Waals surface area contributed by atoms with Gasteiger partial charge in [-0.05, 0) is 0 Å². The van der Waals surface area contributed by atoms with Crippen molar-refractivity contribution in [3.8, 4) is 0 Å². The van der Waals surface area contributed by atoms with Crippen LogP contribution in [-0.4, -0.2) is 16.9 Å². The molecule has 5 heteroatoms. The van der Waals surface area contributed by atoms with Crippen LogP contribution in [0.25, 0.3) is 0 Å². The molecule has 0 aromatic heterocycles. The molecule has 1 aromatic rings. The molecule has 0 N–H and O–H groups in total. The van der Waals surface area contributed by atoms with Crippen LogP contribution >= 0.6 is 0 Å². The Labute approximate surface area is 101 Å². The van der Waals surface area contributed by atoms with E-state index in [-0.39, 0.29) is 16.3 Å². The topological polar surface area (TPSA) is 0 Å². The summed E-state index contributed by atoms with van der Waals surface area (Å²) in [5, 5.41) is 0. The molecule has 0 spiro atoms. The molecule has 0 saturated heterocycles. The van der Waals surface area contributed by atoms with Gasteiger partial charge in [-0.1, -0.05) is 0 Å². The fourth-order valence-electron chi connectivity index (χ4n) is 1.45. The van der Waals surface area contributed by atoms with Crippen LogP contribution in [0.5, 0.6) is 0 Å². The van der Waals surface area contributed by atoms with Gasteiger partial charge >= 0.3 is 100 Å². The second-order valence-electron chi connectivity index (χ2n) is 3.54. The van der Waals surface area contributed by atoms with Crippen LogP contribution in [-0.2, 0) is 6.42 Å². The van der Waals surface area contributed by atoms with E-state index in [0.717, 1.165) is 12.8 Å². The van der Waals surface area contributed by atoms with Crippen LogP contribution in [0.4, 0.5) is 17.6 Å². The van der Waals surface area contributed by atoms with Crippen LogP contribution in [0.15, 0.2) is 0 Å². The standard InChI is InChI=1S/C11H11AsF4/c1-2-3-4-5-6-7(12)9(14)11(16)10(15)8(6)13/h2-5H2,1H3/q+1. The van der Waals surface area contributed by atoms with Crippen molar-refractivity contribution >= 4 is 21.2 Å². The van der Waals surface area contributed by atoms with Gasteiger partial charge in [0.15, 0.2) is 0 Å². The van der Waals surface area contributed by atoms with Gasteiger partial charge in [0.2, 0.25) is 0 Å². The first-order valence-electron chi connectivity index (χ1n) is 5.04. The summed E-state index contributed by atoms with van der Waals surface area (Å²) >= 11 is 1.76. The van der Waals surface area contributed by atoms with Crippen LogP contribution in [0, 0.1) is 23.3 Å². The average molecular weight is 294 g/mol. The SMILES string of the molecule is CCCCCc1c(F)c(F)c(F)c(F)c1[As+]. The van der Waals surface area contributed by atoms with Gasteiger partial charge in [0.1, 0.15) is 0 Å². The fourth-order valence-corrected chi connectivity index (χ4v) is 2.09.